The van der Waals surface area contributed by atoms with Crippen molar-refractivity contribution in [3.05, 3.63) is 35.9 Å². The molecule has 1 aromatic carbocycles. The zero-order chi connectivity index (χ0) is 13.8. The Morgan fingerprint density at radius 3 is 2.37 bits per heavy atom. The summed E-state index contributed by atoms with van der Waals surface area (Å²) in [6.07, 6.45) is 1.81. The summed E-state index contributed by atoms with van der Waals surface area (Å²) in [5.41, 5.74) is 6.94. The number of hydrogen-bond acceptors (Lipinski definition) is 3. The molecule has 0 bridgehead atoms. The third-order valence-electron chi connectivity index (χ3n) is 3.72. The first-order valence-electron chi connectivity index (χ1n) is 6.85. The van der Waals surface area contributed by atoms with Gasteiger partial charge in [0.1, 0.15) is 6.04 Å². The summed E-state index contributed by atoms with van der Waals surface area (Å²) in [6.45, 7) is 1.55. The molecule has 1 aliphatic rings. The van der Waals surface area contributed by atoms with Crippen molar-refractivity contribution in [3.63, 3.8) is 0 Å². The minimum absolute atomic E-state index is 0.183. The standard InChI is InChI=1S/C15H23N3O/c1-17(2)14(12-6-4-3-5-7-12)15(19)18-10-8-13(16)9-11-18/h3-7,13-14H,8-11,16H2,1-2H3. The summed E-state index contributed by atoms with van der Waals surface area (Å²) in [4.78, 5) is 16.6. The number of benzene rings is 1. The maximum Gasteiger partial charge on any atom is 0.244 e. The van der Waals surface area contributed by atoms with Crippen molar-refractivity contribution in [1.29, 1.82) is 0 Å². The van der Waals surface area contributed by atoms with E-state index in [1.165, 1.54) is 0 Å². The van der Waals surface area contributed by atoms with Gasteiger partial charge in [0.25, 0.3) is 0 Å². The van der Waals surface area contributed by atoms with Gasteiger partial charge >= 0.3 is 0 Å². The second-order valence-electron chi connectivity index (χ2n) is 5.44. The monoisotopic (exact) mass is 261 g/mol. The summed E-state index contributed by atoms with van der Waals surface area (Å²) < 4.78 is 0. The lowest BCUT2D eigenvalue weighted by Crippen LogP contribution is -2.47. The summed E-state index contributed by atoms with van der Waals surface area (Å²) >= 11 is 0. The van der Waals surface area contributed by atoms with Crippen LogP contribution in [0.4, 0.5) is 0 Å². The fourth-order valence-corrected chi connectivity index (χ4v) is 2.59. The van der Waals surface area contributed by atoms with Crippen molar-refractivity contribution < 1.29 is 4.79 Å². The predicted molar refractivity (Wildman–Crippen MR) is 76.7 cm³/mol. The number of carbonyl (C=O) groups is 1. The van der Waals surface area contributed by atoms with Crippen molar-refractivity contribution in [1.82, 2.24) is 9.80 Å². The average molecular weight is 261 g/mol. The maximum atomic E-state index is 12.7. The molecule has 4 heteroatoms. The zero-order valence-electron chi connectivity index (χ0n) is 11.7. The second kappa shape index (κ2) is 6.17. The quantitative estimate of drug-likeness (QED) is 0.890. The van der Waals surface area contributed by atoms with Crippen LogP contribution in [0.3, 0.4) is 0 Å². The Bertz CT molecular complexity index is 411. The molecule has 1 saturated heterocycles. The van der Waals surface area contributed by atoms with Crippen molar-refractivity contribution in [2.75, 3.05) is 27.2 Å². The van der Waals surface area contributed by atoms with E-state index in [0.29, 0.717) is 0 Å². The molecule has 0 radical (unpaired) electrons. The highest BCUT2D eigenvalue weighted by Crippen LogP contribution is 2.22. The van der Waals surface area contributed by atoms with E-state index in [2.05, 4.69) is 0 Å². The summed E-state index contributed by atoms with van der Waals surface area (Å²) in [5.74, 6) is 0.183. The third kappa shape index (κ3) is 3.33. The van der Waals surface area contributed by atoms with Crippen LogP contribution in [0.1, 0.15) is 24.4 Å². The highest BCUT2D eigenvalue weighted by Gasteiger charge is 2.29. The largest absolute Gasteiger partial charge is 0.341 e. The number of piperidine rings is 1. The van der Waals surface area contributed by atoms with E-state index in [9.17, 15) is 4.79 Å². The third-order valence-corrected chi connectivity index (χ3v) is 3.72. The molecule has 19 heavy (non-hydrogen) atoms. The van der Waals surface area contributed by atoms with Gasteiger partial charge in [0.15, 0.2) is 0 Å². The number of nitrogens with zero attached hydrogens (tertiary/aromatic N) is 2. The highest BCUT2D eigenvalue weighted by atomic mass is 16.2. The molecule has 0 spiro atoms. The van der Waals surface area contributed by atoms with Crippen LogP contribution in [-0.2, 0) is 4.79 Å². The molecule has 2 rings (SSSR count). The molecule has 2 N–H and O–H groups in total. The van der Waals surface area contributed by atoms with Gasteiger partial charge in [0.05, 0.1) is 0 Å². The van der Waals surface area contributed by atoms with Crippen molar-refractivity contribution in [2.24, 2.45) is 5.73 Å². The van der Waals surface area contributed by atoms with Gasteiger partial charge in [-0.2, -0.15) is 0 Å². The summed E-state index contributed by atoms with van der Waals surface area (Å²) in [6, 6.07) is 10.0. The van der Waals surface area contributed by atoms with Gasteiger partial charge in [-0.3, -0.25) is 9.69 Å². The predicted octanol–water partition coefficient (Wildman–Crippen LogP) is 1.24. The van der Waals surface area contributed by atoms with E-state index in [4.69, 9.17) is 5.73 Å². The lowest BCUT2D eigenvalue weighted by Gasteiger charge is -2.35. The smallest absolute Gasteiger partial charge is 0.244 e. The van der Waals surface area contributed by atoms with Gasteiger partial charge < -0.3 is 10.6 Å². The number of amides is 1. The molecule has 1 aromatic rings. The Balaban J connectivity index is 2.14. The minimum atomic E-state index is -0.199. The van der Waals surface area contributed by atoms with Crippen LogP contribution in [0, 0.1) is 0 Å². The fourth-order valence-electron chi connectivity index (χ4n) is 2.59. The van der Waals surface area contributed by atoms with Gasteiger partial charge in [-0.15, -0.1) is 0 Å². The molecule has 1 heterocycles. The van der Waals surface area contributed by atoms with Crippen LogP contribution in [0.2, 0.25) is 0 Å². The van der Waals surface area contributed by atoms with Crippen molar-refractivity contribution in [3.8, 4) is 0 Å². The van der Waals surface area contributed by atoms with Crippen molar-refractivity contribution >= 4 is 5.91 Å². The fraction of sp³-hybridized carbons (Fsp3) is 0.533. The average Bonchev–Trinajstić information content (AvgIpc) is 2.40. The number of likely N-dealkylation sites (N-methyl/N-ethyl adjacent to an activating group) is 1. The number of rotatable bonds is 3. The van der Waals surface area contributed by atoms with Crippen LogP contribution in [-0.4, -0.2) is 48.9 Å². The van der Waals surface area contributed by atoms with E-state index in [0.717, 1.165) is 31.5 Å². The normalized spacial score (nSPS) is 18.6. The molecule has 0 aliphatic carbocycles. The molecular formula is C15H23N3O. The molecule has 1 aliphatic heterocycles. The van der Waals surface area contributed by atoms with Crippen molar-refractivity contribution in [2.45, 2.75) is 24.9 Å². The van der Waals surface area contributed by atoms with Crippen LogP contribution in [0.15, 0.2) is 30.3 Å². The molecule has 4 nitrogen and oxygen atoms in total. The SMILES string of the molecule is CN(C)C(C(=O)N1CCC(N)CC1)c1ccccc1. The van der Waals surface area contributed by atoms with Gasteiger partial charge in [-0.25, -0.2) is 0 Å². The first kappa shape index (κ1) is 14.0. The van der Waals surface area contributed by atoms with Crippen LogP contribution in [0.25, 0.3) is 0 Å². The summed E-state index contributed by atoms with van der Waals surface area (Å²) in [7, 11) is 3.90. The molecular weight excluding hydrogens is 238 g/mol. The second-order valence-corrected chi connectivity index (χ2v) is 5.44. The topological polar surface area (TPSA) is 49.6 Å². The maximum absolute atomic E-state index is 12.7. The van der Waals surface area contributed by atoms with Crippen LogP contribution < -0.4 is 5.73 Å². The lowest BCUT2D eigenvalue weighted by molar-refractivity contribution is -0.137. The first-order chi connectivity index (χ1) is 9.09. The van der Waals surface area contributed by atoms with E-state index in [1.54, 1.807) is 0 Å². The lowest BCUT2D eigenvalue weighted by atomic mass is 10.0. The van der Waals surface area contributed by atoms with Gasteiger partial charge in [0, 0.05) is 19.1 Å². The molecule has 1 unspecified atom stereocenters. The Labute approximate surface area is 115 Å². The minimum Gasteiger partial charge on any atom is -0.341 e. The van der Waals surface area contributed by atoms with E-state index in [1.807, 2.05) is 54.2 Å². The molecule has 1 fully saturated rings. The molecule has 0 aromatic heterocycles. The van der Waals surface area contributed by atoms with Gasteiger partial charge in [0.2, 0.25) is 5.91 Å². The number of nitrogens with two attached hydrogens (primary N) is 1. The van der Waals surface area contributed by atoms with Crippen LogP contribution >= 0.6 is 0 Å². The molecule has 0 saturated carbocycles. The Kier molecular flexibility index (Phi) is 4.56. The van der Waals surface area contributed by atoms with Crippen LogP contribution in [0.5, 0.6) is 0 Å². The molecule has 104 valence electrons. The number of carbonyl (C=O) groups excluding carboxylic acids is 1. The number of likely N-dealkylation sites (tertiary alicyclic amines) is 1. The van der Waals surface area contributed by atoms with E-state index < -0.39 is 0 Å². The Morgan fingerprint density at radius 2 is 1.84 bits per heavy atom. The molecule has 1 atom stereocenters. The van der Waals surface area contributed by atoms with Gasteiger partial charge in [-0.1, -0.05) is 30.3 Å². The molecule has 1 amide bonds. The van der Waals surface area contributed by atoms with E-state index in [-0.39, 0.29) is 18.0 Å². The Morgan fingerprint density at radius 1 is 1.26 bits per heavy atom. The number of hydrogen-bond donors (Lipinski definition) is 1. The van der Waals surface area contributed by atoms with Gasteiger partial charge in [-0.05, 0) is 32.5 Å². The first-order valence-corrected chi connectivity index (χ1v) is 6.85. The summed E-state index contributed by atoms with van der Waals surface area (Å²) in [5, 5.41) is 0. The van der Waals surface area contributed by atoms with E-state index >= 15 is 0 Å². The zero-order valence-corrected chi connectivity index (χ0v) is 11.7. The Hall–Kier alpha value is -1.39. The highest BCUT2D eigenvalue weighted by molar-refractivity contribution is 5.83.